The molecule has 1 aliphatic heterocycles. The van der Waals surface area contributed by atoms with Crippen molar-refractivity contribution in [3.63, 3.8) is 0 Å². The van der Waals surface area contributed by atoms with Gasteiger partial charge in [-0.3, -0.25) is 19.1 Å². The number of nitrogens with zero attached hydrogens (tertiary/aromatic N) is 3. The molecule has 1 fully saturated rings. The van der Waals surface area contributed by atoms with Gasteiger partial charge in [0.15, 0.2) is 0 Å². The van der Waals surface area contributed by atoms with Crippen LogP contribution in [0.1, 0.15) is 26.5 Å². The topological polar surface area (TPSA) is 90.7 Å². The van der Waals surface area contributed by atoms with Crippen LogP contribution < -0.4 is 5.43 Å². The van der Waals surface area contributed by atoms with E-state index in [1.54, 1.807) is 49.9 Å². The number of esters is 1. The van der Waals surface area contributed by atoms with E-state index in [0.717, 1.165) is 0 Å². The number of hydrogen-bond acceptors (Lipinski definition) is 6. The number of ether oxygens (including phenoxy) is 2. The monoisotopic (exact) mass is 387 g/mol. The Hall–Kier alpha value is -2.74. The molecule has 8 nitrogen and oxygen atoms in total. The van der Waals surface area contributed by atoms with Crippen molar-refractivity contribution in [2.24, 2.45) is 0 Å². The first-order valence-electron chi connectivity index (χ1n) is 9.31. The predicted octanol–water partition coefficient (Wildman–Crippen LogP) is 1.14. The summed E-state index contributed by atoms with van der Waals surface area (Å²) in [5.41, 5.74) is -0.265. The molecule has 0 saturated carbocycles. The van der Waals surface area contributed by atoms with Gasteiger partial charge in [-0.15, -0.1) is 0 Å². The SMILES string of the molecule is CC(C)(C)OC(=O)Cn1nc(CC(=O)N2CCOCC2)c(=O)c2ccccc21. The number of benzene rings is 1. The Bertz CT molecular complexity index is 939. The molecule has 0 spiro atoms. The van der Waals surface area contributed by atoms with Crippen molar-refractivity contribution in [2.75, 3.05) is 26.3 Å². The number of carbonyl (C=O) groups is 2. The zero-order valence-electron chi connectivity index (χ0n) is 16.4. The zero-order valence-corrected chi connectivity index (χ0v) is 16.4. The number of fused-ring (bicyclic) bond motifs is 1. The molecule has 28 heavy (non-hydrogen) atoms. The van der Waals surface area contributed by atoms with Crippen LogP contribution in [0.4, 0.5) is 0 Å². The highest BCUT2D eigenvalue weighted by atomic mass is 16.6. The highest BCUT2D eigenvalue weighted by Gasteiger charge is 2.22. The quantitative estimate of drug-likeness (QED) is 0.731. The van der Waals surface area contributed by atoms with Crippen LogP contribution in [0.2, 0.25) is 0 Å². The number of rotatable bonds is 4. The Labute approximate surface area is 163 Å². The largest absolute Gasteiger partial charge is 0.459 e. The molecule has 1 aliphatic rings. The number of aromatic nitrogens is 2. The van der Waals surface area contributed by atoms with Gasteiger partial charge in [0.25, 0.3) is 0 Å². The van der Waals surface area contributed by atoms with Crippen LogP contribution in [0.25, 0.3) is 10.9 Å². The molecular formula is C20H25N3O5. The molecule has 1 amide bonds. The van der Waals surface area contributed by atoms with Crippen molar-refractivity contribution in [3.05, 3.63) is 40.2 Å². The summed E-state index contributed by atoms with van der Waals surface area (Å²) in [7, 11) is 0. The molecule has 0 unspecified atom stereocenters. The Morgan fingerprint density at radius 1 is 1.18 bits per heavy atom. The standard InChI is InChI=1S/C20H25N3O5/c1-20(2,3)28-18(25)13-23-16-7-5-4-6-14(16)19(26)15(21-23)12-17(24)22-8-10-27-11-9-22/h4-7H,8-13H2,1-3H3. The van der Waals surface area contributed by atoms with Crippen LogP contribution in [0.3, 0.4) is 0 Å². The molecule has 0 bridgehead atoms. The molecule has 8 heteroatoms. The summed E-state index contributed by atoms with van der Waals surface area (Å²) in [6.07, 6.45) is -0.113. The van der Waals surface area contributed by atoms with Crippen LogP contribution in [0.15, 0.2) is 29.1 Å². The maximum atomic E-state index is 12.8. The second-order valence-corrected chi connectivity index (χ2v) is 7.71. The van der Waals surface area contributed by atoms with Crippen molar-refractivity contribution < 1.29 is 19.1 Å². The van der Waals surface area contributed by atoms with Crippen LogP contribution in [0, 0.1) is 0 Å². The number of hydrogen-bond donors (Lipinski definition) is 0. The van der Waals surface area contributed by atoms with E-state index in [9.17, 15) is 14.4 Å². The molecule has 0 atom stereocenters. The van der Waals surface area contributed by atoms with E-state index in [-0.39, 0.29) is 30.0 Å². The van der Waals surface area contributed by atoms with E-state index in [0.29, 0.717) is 37.2 Å². The molecule has 2 heterocycles. The van der Waals surface area contributed by atoms with Crippen molar-refractivity contribution in [1.29, 1.82) is 0 Å². The summed E-state index contributed by atoms with van der Waals surface area (Å²) in [4.78, 5) is 39.3. The summed E-state index contributed by atoms with van der Waals surface area (Å²) in [5.74, 6) is -0.633. The maximum Gasteiger partial charge on any atom is 0.328 e. The van der Waals surface area contributed by atoms with Crippen LogP contribution in [-0.4, -0.2) is 58.5 Å². The molecule has 0 N–H and O–H groups in total. The fraction of sp³-hybridized carbons (Fsp3) is 0.500. The minimum absolute atomic E-state index is 0.113. The third-order valence-corrected chi connectivity index (χ3v) is 4.31. The average molecular weight is 387 g/mol. The van der Waals surface area contributed by atoms with E-state index < -0.39 is 11.6 Å². The normalized spacial score (nSPS) is 14.9. The molecule has 0 aliphatic carbocycles. The van der Waals surface area contributed by atoms with Crippen LogP contribution >= 0.6 is 0 Å². The van der Waals surface area contributed by atoms with E-state index >= 15 is 0 Å². The fourth-order valence-electron chi connectivity index (χ4n) is 3.09. The highest BCUT2D eigenvalue weighted by molar-refractivity contribution is 5.83. The molecule has 1 aromatic heterocycles. The highest BCUT2D eigenvalue weighted by Crippen LogP contribution is 2.13. The van der Waals surface area contributed by atoms with Crippen molar-refractivity contribution in [1.82, 2.24) is 14.7 Å². The first-order valence-corrected chi connectivity index (χ1v) is 9.31. The Balaban J connectivity index is 1.92. The summed E-state index contributed by atoms with van der Waals surface area (Å²) in [6.45, 7) is 7.18. The fourth-order valence-corrected chi connectivity index (χ4v) is 3.09. The van der Waals surface area contributed by atoms with Crippen molar-refractivity contribution in [3.8, 4) is 0 Å². The Morgan fingerprint density at radius 3 is 2.54 bits per heavy atom. The van der Waals surface area contributed by atoms with Gasteiger partial charge < -0.3 is 14.4 Å². The van der Waals surface area contributed by atoms with Gasteiger partial charge in [0.05, 0.1) is 25.2 Å². The van der Waals surface area contributed by atoms with Crippen molar-refractivity contribution in [2.45, 2.75) is 39.3 Å². The second kappa shape index (κ2) is 8.10. The summed E-state index contributed by atoms with van der Waals surface area (Å²) < 4.78 is 12.1. The second-order valence-electron chi connectivity index (χ2n) is 7.71. The van der Waals surface area contributed by atoms with E-state index in [1.165, 1.54) is 4.68 Å². The van der Waals surface area contributed by atoms with Gasteiger partial charge >= 0.3 is 5.97 Å². The number of para-hydroxylation sites is 1. The van der Waals surface area contributed by atoms with Crippen LogP contribution in [-0.2, 0) is 32.0 Å². The first-order chi connectivity index (χ1) is 13.2. The summed E-state index contributed by atoms with van der Waals surface area (Å²) in [5, 5.41) is 4.75. The summed E-state index contributed by atoms with van der Waals surface area (Å²) in [6, 6.07) is 6.91. The van der Waals surface area contributed by atoms with E-state index in [1.807, 2.05) is 0 Å². The maximum absolute atomic E-state index is 12.8. The zero-order chi connectivity index (χ0) is 20.3. The van der Waals surface area contributed by atoms with Gasteiger partial charge in [-0.1, -0.05) is 12.1 Å². The Kier molecular flexibility index (Phi) is 5.79. The molecule has 1 saturated heterocycles. The van der Waals surface area contributed by atoms with E-state index in [2.05, 4.69) is 5.10 Å². The minimum atomic E-state index is -0.624. The third-order valence-electron chi connectivity index (χ3n) is 4.31. The van der Waals surface area contributed by atoms with Gasteiger partial charge in [-0.05, 0) is 32.9 Å². The summed E-state index contributed by atoms with van der Waals surface area (Å²) >= 11 is 0. The van der Waals surface area contributed by atoms with Crippen molar-refractivity contribution >= 4 is 22.8 Å². The molecule has 2 aromatic rings. The van der Waals surface area contributed by atoms with Gasteiger partial charge in [0.2, 0.25) is 11.3 Å². The lowest BCUT2D eigenvalue weighted by atomic mass is 10.1. The Morgan fingerprint density at radius 2 is 1.86 bits per heavy atom. The minimum Gasteiger partial charge on any atom is -0.459 e. The number of morpholine rings is 1. The smallest absolute Gasteiger partial charge is 0.328 e. The third kappa shape index (κ3) is 4.75. The van der Waals surface area contributed by atoms with Gasteiger partial charge in [0.1, 0.15) is 17.8 Å². The molecule has 1 aromatic carbocycles. The molecule has 0 radical (unpaired) electrons. The van der Waals surface area contributed by atoms with Gasteiger partial charge in [0, 0.05) is 18.5 Å². The number of amides is 1. The lowest BCUT2D eigenvalue weighted by Gasteiger charge is -2.26. The molecule has 3 rings (SSSR count). The lowest BCUT2D eigenvalue weighted by Crippen LogP contribution is -2.42. The van der Waals surface area contributed by atoms with E-state index in [4.69, 9.17) is 9.47 Å². The first kappa shape index (κ1) is 20.0. The average Bonchev–Trinajstić information content (AvgIpc) is 2.64. The predicted molar refractivity (Wildman–Crippen MR) is 103 cm³/mol. The molecular weight excluding hydrogens is 362 g/mol. The van der Waals surface area contributed by atoms with Gasteiger partial charge in [-0.25, -0.2) is 0 Å². The molecule has 150 valence electrons. The lowest BCUT2D eigenvalue weighted by molar-refractivity contribution is -0.155. The van der Waals surface area contributed by atoms with Crippen LogP contribution in [0.5, 0.6) is 0 Å². The number of carbonyl (C=O) groups excluding carboxylic acids is 2. The van der Waals surface area contributed by atoms with Gasteiger partial charge in [-0.2, -0.15) is 5.10 Å².